The third kappa shape index (κ3) is 3.01. The van der Waals surface area contributed by atoms with E-state index in [1.807, 2.05) is 0 Å². The first kappa shape index (κ1) is 13.3. The van der Waals surface area contributed by atoms with Crippen LogP contribution in [0.3, 0.4) is 0 Å². The first-order valence-corrected chi connectivity index (χ1v) is 6.06. The van der Waals surface area contributed by atoms with Gasteiger partial charge in [-0.05, 0) is 37.5 Å². The molecule has 1 fully saturated rings. The van der Waals surface area contributed by atoms with Crippen molar-refractivity contribution < 1.29 is 19.1 Å². The van der Waals surface area contributed by atoms with Gasteiger partial charge in [-0.2, -0.15) is 0 Å². The molecule has 4 N–H and O–H groups in total. The second-order valence-electron chi connectivity index (χ2n) is 4.75. The largest absolute Gasteiger partial charge is 0.481 e. The predicted molar refractivity (Wildman–Crippen MR) is 67.3 cm³/mol. The van der Waals surface area contributed by atoms with Crippen LogP contribution in [-0.4, -0.2) is 23.0 Å². The number of carboxylic acids is 1. The van der Waals surface area contributed by atoms with Crippen LogP contribution in [-0.2, 0) is 4.79 Å². The molecular formula is C13H15FN2O3. The summed E-state index contributed by atoms with van der Waals surface area (Å²) in [7, 11) is 0. The predicted octanol–water partition coefficient (Wildman–Crippen LogP) is 1.59. The number of anilines is 1. The average molecular weight is 266 g/mol. The molecule has 6 heteroatoms. The molecule has 1 aliphatic rings. The van der Waals surface area contributed by atoms with Crippen LogP contribution < -0.4 is 11.1 Å². The zero-order valence-electron chi connectivity index (χ0n) is 10.2. The zero-order chi connectivity index (χ0) is 14.0. The van der Waals surface area contributed by atoms with Gasteiger partial charge in [-0.25, -0.2) is 4.39 Å². The Morgan fingerprint density at radius 1 is 1.37 bits per heavy atom. The van der Waals surface area contributed by atoms with Gasteiger partial charge in [0.15, 0.2) is 0 Å². The van der Waals surface area contributed by atoms with Gasteiger partial charge >= 0.3 is 5.97 Å². The van der Waals surface area contributed by atoms with Crippen LogP contribution in [0.15, 0.2) is 18.2 Å². The lowest BCUT2D eigenvalue weighted by Gasteiger charge is -2.14. The SMILES string of the molecule is NC(=O)c1ccc(N[C@H]2CC[C@@H](C(=O)O)C2)c(F)c1. The monoisotopic (exact) mass is 266 g/mol. The van der Waals surface area contributed by atoms with E-state index in [2.05, 4.69) is 5.32 Å². The highest BCUT2D eigenvalue weighted by Gasteiger charge is 2.29. The quantitative estimate of drug-likeness (QED) is 0.771. The minimum absolute atomic E-state index is 0.0602. The third-order valence-electron chi connectivity index (χ3n) is 3.40. The molecule has 102 valence electrons. The first-order valence-electron chi connectivity index (χ1n) is 6.06. The maximum absolute atomic E-state index is 13.7. The summed E-state index contributed by atoms with van der Waals surface area (Å²) in [4.78, 5) is 21.7. The van der Waals surface area contributed by atoms with Crippen LogP contribution in [0.1, 0.15) is 29.6 Å². The molecule has 1 aromatic carbocycles. The summed E-state index contributed by atoms with van der Waals surface area (Å²) in [5.41, 5.74) is 5.43. The lowest BCUT2D eigenvalue weighted by molar-refractivity contribution is -0.141. The highest BCUT2D eigenvalue weighted by atomic mass is 19.1. The van der Waals surface area contributed by atoms with Crippen molar-refractivity contribution in [2.45, 2.75) is 25.3 Å². The van der Waals surface area contributed by atoms with Crippen LogP contribution in [0.25, 0.3) is 0 Å². The fourth-order valence-corrected chi connectivity index (χ4v) is 2.34. The van der Waals surface area contributed by atoms with E-state index in [1.54, 1.807) is 0 Å². The average Bonchev–Trinajstić information content (AvgIpc) is 2.80. The summed E-state index contributed by atoms with van der Waals surface area (Å²) in [5.74, 6) is -2.42. The number of primary amides is 1. The molecule has 0 bridgehead atoms. The van der Waals surface area contributed by atoms with Crippen LogP contribution in [0, 0.1) is 11.7 Å². The number of rotatable bonds is 4. The van der Waals surface area contributed by atoms with Crippen molar-refractivity contribution in [3.05, 3.63) is 29.6 Å². The van der Waals surface area contributed by atoms with Gasteiger partial charge in [0.25, 0.3) is 0 Å². The summed E-state index contributed by atoms with van der Waals surface area (Å²) < 4.78 is 13.7. The van der Waals surface area contributed by atoms with E-state index in [0.717, 1.165) is 6.07 Å². The van der Waals surface area contributed by atoms with E-state index >= 15 is 0 Å². The van der Waals surface area contributed by atoms with Gasteiger partial charge in [0, 0.05) is 11.6 Å². The Labute approximate surface area is 109 Å². The molecule has 0 radical (unpaired) electrons. The number of nitrogens with two attached hydrogens (primary N) is 1. The lowest BCUT2D eigenvalue weighted by atomic mass is 10.1. The van der Waals surface area contributed by atoms with Gasteiger partial charge in [-0.1, -0.05) is 0 Å². The van der Waals surface area contributed by atoms with E-state index in [-0.39, 0.29) is 23.2 Å². The van der Waals surface area contributed by atoms with Crippen molar-refractivity contribution in [3.8, 4) is 0 Å². The molecule has 1 saturated carbocycles. The maximum Gasteiger partial charge on any atom is 0.306 e. The third-order valence-corrected chi connectivity index (χ3v) is 3.40. The van der Waals surface area contributed by atoms with E-state index in [1.165, 1.54) is 12.1 Å². The minimum Gasteiger partial charge on any atom is -0.481 e. The van der Waals surface area contributed by atoms with Crippen molar-refractivity contribution >= 4 is 17.6 Å². The fourth-order valence-electron chi connectivity index (χ4n) is 2.34. The summed E-state index contributed by atoms with van der Waals surface area (Å²) >= 11 is 0. The summed E-state index contributed by atoms with van der Waals surface area (Å²) in [6, 6.07) is 3.91. The van der Waals surface area contributed by atoms with Crippen molar-refractivity contribution in [1.29, 1.82) is 0 Å². The topological polar surface area (TPSA) is 92.4 Å². The van der Waals surface area contributed by atoms with Gasteiger partial charge in [-0.3, -0.25) is 9.59 Å². The van der Waals surface area contributed by atoms with Crippen molar-refractivity contribution in [2.75, 3.05) is 5.32 Å². The van der Waals surface area contributed by atoms with E-state index < -0.39 is 17.7 Å². The van der Waals surface area contributed by atoms with Crippen LogP contribution >= 0.6 is 0 Å². The normalized spacial score (nSPS) is 22.2. The molecule has 0 aliphatic heterocycles. The van der Waals surface area contributed by atoms with Gasteiger partial charge in [0.05, 0.1) is 11.6 Å². The standard InChI is InChI=1S/C13H15FN2O3/c14-10-6-7(12(15)17)2-4-11(10)16-9-3-1-8(5-9)13(18)19/h2,4,6,8-9,16H,1,3,5H2,(H2,15,17)(H,18,19)/t8-,9+/m1/s1. The molecule has 1 aromatic rings. The Morgan fingerprint density at radius 3 is 2.63 bits per heavy atom. The van der Waals surface area contributed by atoms with E-state index in [0.29, 0.717) is 19.3 Å². The second-order valence-corrected chi connectivity index (χ2v) is 4.75. The highest BCUT2D eigenvalue weighted by Crippen LogP contribution is 2.29. The fraction of sp³-hybridized carbons (Fsp3) is 0.385. The number of carbonyl (C=O) groups is 2. The number of carboxylic acid groups (broad SMARTS) is 1. The highest BCUT2D eigenvalue weighted by molar-refractivity contribution is 5.93. The van der Waals surface area contributed by atoms with Gasteiger partial charge in [0.2, 0.25) is 5.91 Å². The number of carbonyl (C=O) groups excluding carboxylic acids is 1. The number of amides is 1. The molecule has 19 heavy (non-hydrogen) atoms. The lowest BCUT2D eigenvalue weighted by Crippen LogP contribution is -2.19. The molecule has 2 atom stereocenters. The number of nitrogens with one attached hydrogen (secondary N) is 1. The molecule has 0 saturated heterocycles. The number of halogens is 1. The van der Waals surface area contributed by atoms with Crippen LogP contribution in [0.4, 0.5) is 10.1 Å². The second kappa shape index (κ2) is 5.26. The summed E-state index contributed by atoms with van der Waals surface area (Å²) in [5, 5.41) is 11.9. The van der Waals surface area contributed by atoms with Gasteiger partial charge < -0.3 is 16.2 Å². The molecule has 0 unspecified atom stereocenters. The molecule has 0 heterocycles. The number of aliphatic carboxylic acids is 1. The van der Waals surface area contributed by atoms with E-state index in [9.17, 15) is 14.0 Å². The Morgan fingerprint density at radius 2 is 2.11 bits per heavy atom. The molecule has 5 nitrogen and oxygen atoms in total. The molecule has 0 aromatic heterocycles. The Bertz CT molecular complexity index is 519. The summed E-state index contributed by atoms with van der Waals surface area (Å²) in [6.45, 7) is 0. The molecule has 1 amide bonds. The molecular weight excluding hydrogens is 251 g/mol. The van der Waals surface area contributed by atoms with E-state index in [4.69, 9.17) is 10.8 Å². The van der Waals surface area contributed by atoms with Crippen molar-refractivity contribution in [2.24, 2.45) is 11.7 Å². The molecule has 2 rings (SSSR count). The maximum atomic E-state index is 13.7. The molecule has 1 aliphatic carbocycles. The number of hydrogen-bond donors (Lipinski definition) is 3. The van der Waals surface area contributed by atoms with Crippen molar-refractivity contribution in [1.82, 2.24) is 0 Å². The minimum atomic E-state index is -0.811. The zero-order valence-corrected chi connectivity index (χ0v) is 10.2. The number of hydrogen-bond acceptors (Lipinski definition) is 3. The van der Waals surface area contributed by atoms with Gasteiger partial charge in [0.1, 0.15) is 5.82 Å². The van der Waals surface area contributed by atoms with Crippen LogP contribution in [0.2, 0.25) is 0 Å². The van der Waals surface area contributed by atoms with Gasteiger partial charge in [-0.15, -0.1) is 0 Å². The molecule has 0 spiro atoms. The Kier molecular flexibility index (Phi) is 3.69. The Balaban J connectivity index is 2.04. The first-order chi connectivity index (χ1) is 8.97. The number of benzene rings is 1. The van der Waals surface area contributed by atoms with Crippen molar-refractivity contribution in [3.63, 3.8) is 0 Å². The van der Waals surface area contributed by atoms with Crippen LogP contribution in [0.5, 0.6) is 0 Å². The smallest absolute Gasteiger partial charge is 0.306 e. The Hall–Kier alpha value is -2.11. The summed E-state index contributed by atoms with van der Waals surface area (Å²) in [6.07, 6.45) is 1.76.